The van der Waals surface area contributed by atoms with Gasteiger partial charge in [0.05, 0.1) is 17.1 Å². The molecule has 3 rings (SSSR count). The quantitative estimate of drug-likeness (QED) is 0.655. The predicted molar refractivity (Wildman–Crippen MR) is 116 cm³/mol. The minimum Gasteiger partial charge on any atom is -0.337 e. The van der Waals surface area contributed by atoms with Crippen molar-refractivity contribution < 1.29 is 9.59 Å². The number of carbonyl (C=O) groups is 2. The van der Waals surface area contributed by atoms with Crippen LogP contribution in [0.15, 0.2) is 48.5 Å². The van der Waals surface area contributed by atoms with Crippen LogP contribution in [0.1, 0.15) is 16.8 Å². The molecule has 5 nitrogen and oxygen atoms in total. The van der Waals surface area contributed by atoms with Crippen molar-refractivity contribution in [2.45, 2.75) is 6.42 Å². The van der Waals surface area contributed by atoms with Gasteiger partial charge in [0.25, 0.3) is 5.91 Å². The zero-order valence-electron chi connectivity index (χ0n) is 14.8. The highest BCUT2D eigenvalue weighted by Crippen LogP contribution is 2.18. The molecule has 0 radical (unpaired) electrons. The molecule has 2 aromatic rings. The molecule has 0 aliphatic carbocycles. The Kier molecular flexibility index (Phi) is 7.09. The van der Waals surface area contributed by atoms with Crippen LogP contribution in [0.5, 0.6) is 0 Å². The third kappa shape index (κ3) is 5.67. The number of hydrogen-bond acceptors (Lipinski definition) is 3. The fourth-order valence-electron chi connectivity index (χ4n) is 3.07. The number of rotatable bonds is 4. The highest BCUT2D eigenvalue weighted by molar-refractivity contribution is 14.1. The second-order valence-electron chi connectivity index (χ2n) is 6.46. The second kappa shape index (κ2) is 9.52. The molecular formula is C20H21ClIN3O2. The number of amides is 2. The monoisotopic (exact) mass is 497 g/mol. The first kappa shape index (κ1) is 20.1. The SMILES string of the molecule is O=C(CN1CCCN(C(=O)c2ccccc2Cl)CC1)Nc1ccc(I)cc1. The van der Waals surface area contributed by atoms with Crippen molar-refractivity contribution in [2.24, 2.45) is 0 Å². The average Bonchev–Trinajstić information content (AvgIpc) is 2.89. The van der Waals surface area contributed by atoms with Crippen LogP contribution in [-0.2, 0) is 4.79 Å². The third-order valence-electron chi connectivity index (χ3n) is 4.48. The maximum Gasteiger partial charge on any atom is 0.255 e. The van der Waals surface area contributed by atoms with Crippen molar-refractivity contribution in [2.75, 3.05) is 38.0 Å². The van der Waals surface area contributed by atoms with Crippen LogP contribution in [0.4, 0.5) is 5.69 Å². The van der Waals surface area contributed by atoms with Crippen LogP contribution in [0.3, 0.4) is 0 Å². The molecule has 142 valence electrons. The highest BCUT2D eigenvalue weighted by Gasteiger charge is 2.22. The lowest BCUT2D eigenvalue weighted by atomic mass is 10.2. The fraction of sp³-hybridized carbons (Fsp3) is 0.300. The van der Waals surface area contributed by atoms with Gasteiger partial charge in [-0.1, -0.05) is 23.7 Å². The minimum absolute atomic E-state index is 0.0397. The molecule has 1 fully saturated rings. The van der Waals surface area contributed by atoms with Gasteiger partial charge in [0.1, 0.15) is 0 Å². The van der Waals surface area contributed by atoms with E-state index < -0.39 is 0 Å². The maximum atomic E-state index is 12.7. The van der Waals surface area contributed by atoms with E-state index in [0.29, 0.717) is 36.8 Å². The lowest BCUT2D eigenvalue weighted by Crippen LogP contribution is -2.38. The Morgan fingerprint density at radius 2 is 1.74 bits per heavy atom. The maximum absolute atomic E-state index is 12.7. The Balaban J connectivity index is 1.53. The molecule has 2 amide bonds. The van der Waals surface area contributed by atoms with E-state index in [2.05, 4.69) is 32.8 Å². The largest absolute Gasteiger partial charge is 0.337 e. The predicted octanol–water partition coefficient (Wildman–Crippen LogP) is 3.73. The molecule has 0 aromatic heterocycles. The first-order chi connectivity index (χ1) is 13.0. The summed E-state index contributed by atoms with van der Waals surface area (Å²) in [5, 5.41) is 3.39. The molecule has 2 aromatic carbocycles. The smallest absolute Gasteiger partial charge is 0.255 e. The number of carbonyl (C=O) groups excluding carboxylic acids is 2. The van der Waals surface area contributed by atoms with E-state index >= 15 is 0 Å². The van der Waals surface area contributed by atoms with Gasteiger partial charge in [-0.15, -0.1) is 0 Å². The van der Waals surface area contributed by atoms with Gasteiger partial charge in [-0.2, -0.15) is 0 Å². The summed E-state index contributed by atoms with van der Waals surface area (Å²) in [6.07, 6.45) is 0.826. The molecular weight excluding hydrogens is 477 g/mol. The van der Waals surface area contributed by atoms with Crippen LogP contribution < -0.4 is 5.32 Å². The van der Waals surface area contributed by atoms with Gasteiger partial charge in [0, 0.05) is 35.4 Å². The molecule has 1 heterocycles. The summed E-state index contributed by atoms with van der Waals surface area (Å²) in [6, 6.07) is 14.8. The van der Waals surface area contributed by atoms with Crippen molar-refractivity contribution >= 4 is 51.7 Å². The van der Waals surface area contributed by atoms with Crippen LogP contribution in [-0.4, -0.2) is 54.3 Å². The van der Waals surface area contributed by atoms with E-state index in [0.717, 1.165) is 22.2 Å². The summed E-state index contributed by atoms with van der Waals surface area (Å²) >= 11 is 8.38. The van der Waals surface area contributed by atoms with Crippen molar-refractivity contribution in [1.82, 2.24) is 9.80 Å². The highest BCUT2D eigenvalue weighted by atomic mass is 127. The Labute approximate surface area is 177 Å². The van der Waals surface area contributed by atoms with E-state index in [9.17, 15) is 9.59 Å². The topological polar surface area (TPSA) is 52.7 Å². The molecule has 1 saturated heterocycles. The number of nitrogens with zero attached hydrogens (tertiary/aromatic N) is 2. The van der Waals surface area contributed by atoms with E-state index in [1.807, 2.05) is 41.3 Å². The average molecular weight is 498 g/mol. The number of halogens is 2. The summed E-state index contributed by atoms with van der Waals surface area (Å²) in [5.74, 6) is -0.0899. The fourth-order valence-corrected chi connectivity index (χ4v) is 3.65. The zero-order valence-corrected chi connectivity index (χ0v) is 17.7. The van der Waals surface area contributed by atoms with Crippen LogP contribution in [0, 0.1) is 3.57 Å². The molecule has 0 bridgehead atoms. The third-order valence-corrected chi connectivity index (χ3v) is 5.52. The van der Waals surface area contributed by atoms with Gasteiger partial charge in [-0.25, -0.2) is 0 Å². The molecule has 1 aliphatic rings. The number of anilines is 1. The summed E-state index contributed by atoms with van der Waals surface area (Å²) < 4.78 is 1.13. The van der Waals surface area contributed by atoms with Gasteiger partial charge < -0.3 is 10.2 Å². The van der Waals surface area contributed by atoms with Gasteiger partial charge in [-0.05, 0) is 65.4 Å². The summed E-state index contributed by atoms with van der Waals surface area (Å²) in [7, 11) is 0. The Bertz CT molecular complexity index is 813. The zero-order chi connectivity index (χ0) is 19.2. The van der Waals surface area contributed by atoms with Crippen molar-refractivity contribution in [1.29, 1.82) is 0 Å². The summed E-state index contributed by atoms with van der Waals surface area (Å²) in [6.45, 7) is 3.02. The van der Waals surface area contributed by atoms with Gasteiger partial charge >= 0.3 is 0 Å². The standard InChI is InChI=1S/C20H21ClIN3O2/c21-18-5-2-1-4-17(18)20(27)25-11-3-10-24(12-13-25)14-19(26)23-16-8-6-15(22)7-9-16/h1-2,4-9H,3,10-14H2,(H,23,26). The lowest BCUT2D eigenvalue weighted by molar-refractivity contribution is -0.117. The first-order valence-electron chi connectivity index (χ1n) is 8.84. The van der Waals surface area contributed by atoms with E-state index in [4.69, 9.17) is 11.6 Å². The molecule has 7 heteroatoms. The first-order valence-corrected chi connectivity index (χ1v) is 10.3. The Morgan fingerprint density at radius 3 is 2.48 bits per heavy atom. The molecule has 1 N–H and O–H groups in total. The normalized spacial score (nSPS) is 15.3. The molecule has 27 heavy (non-hydrogen) atoms. The van der Waals surface area contributed by atoms with E-state index in [-0.39, 0.29) is 11.8 Å². The minimum atomic E-state index is -0.0502. The van der Waals surface area contributed by atoms with Gasteiger partial charge in [0.15, 0.2) is 0 Å². The van der Waals surface area contributed by atoms with Crippen LogP contribution in [0.2, 0.25) is 5.02 Å². The molecule has 0 spiro atoms. The lowest BCUT2D eigenvalue weighted by Gasteiger charge is -2.22. The summed E-state index contributed by atoms with van der Waals surface area (Å²) in [5.41, 5.74) is 1.33. The van der Waals surface area contributed by atoms with Crippen molar-refractivity contribution in [3.8, 4) is 0 Å². The second-order valence-corrected chi connectivity index (χ2v) is 8.11. The molecule has 0 atom stereocenters. The van der Waals surface area contributed by atoms with Crippen LogP contribution >= 0.6 is 34.2 Å². The van der Waals surface area contributed by atoms with Crippen LogP contribution in [0.25, 0.3) is 0 Å². The van der Waals surface area contributed by atoms with Gasteiger partial charge in [-0.3, -0.25) is 14.5 Å². The van der Waals surface area contributed by atoms with Crippen molar-refractivity contribution in [3.05, 3.63) is 62.7 Å². The molecule has 0 saturated carbocycles. The molecule has 0 unspecified atom stereocenters. The van der Waals surface area contributed by atoms with Gasteiger partial charge in [0.2, 0.25) is 5.91 Å². The van der Waals surface area contributed by atoms with E-state index in [1.54, 1.807) is 12.1 Å². The Hall–Kier alpha value is -1.64. The van der Waals surface area contributed by atoms with E-state index in [1.165, 1.54) is 0 Å². The number of benzene rings is 2. The van der Waals surface area contributed by atoms with Crippen molar-refractivity contribution in [3.63, 3.8) is 0 Å². The number of nitrogens with one attached hydrogen (secondary N) is 1. The summed E-state index contributed by atoms with van der Waals surface area (Å²) in [4.78, 5) is 28.9. The Morgan fingerprint density at radius 1 is 1.00 bits per heavy atom. The molecule has 1 aliphatic heterocycles. The number of hydrogen-bond donors (Lipinski definition) is 1.